The highest BCUT2D eigenvalue weighted by Gasteiger charge is 2.01. The summed E-state index contributed by atoms with van der Waals surface area (Å²) in [5.41, 5.74) is 0. The fourth-order valence-corrected chi connectivity index (χ4v) is 1.11. The van der Waals surface area contributed by atoms with E-state index in [1.165, 1.54) is 6.20 Å². The van der Waals surface area contributed by atoms with Gasteiger partial charge in [-0.15, -0.1) is 0 Å². The fraction of sp³-hybridized carbons (Fsp3) is 0.600. The molecule has 5 heteroatoms. The average molecular weight is 231 g/mol. The van der Waals surface area contributed by atoms with Crippen LogP contribution in [0.1, 0.15) is 19.8 Å². The van der Waals surface area contributed by atoms with Crippen molar-refractivity contribution in [2.24, 2.45) is 0 Å². The Morgan fingerprint density at radius 3 is 2.73 bits per heavy atom. The van der Waals surface area contributed by atoms with Crippen molar-refractivity contribution in [1.82, 2.24) is 9.97 Å². The van der Waals surface area contributed by atoms with Crippen LogP contribution < -0.4 is 4.74 Å². The third kappa shape index (κ3) is 4.95. The number of aromatic nitrogens is 2. The smallest absolute Gasteiger partial charge is 0.252 e. The van der Waals surface area contributed by atoms with Gasteiger partial charge >= 0.3 is 0 Å². The number of ether oxygens (including phenoxy) is 2. The molecule has 0 unspecified atom stereocenters. The molecule has 0 radical (unpaired) electrons. The molecule has 4 nitrogen and oxygen atoms in total. The van der Waals surface area contributed by atoms with Gasteiger partial charge in [-0.05, 0) is 6.42 Å². The summed E-state index contributed by atoms with van der Waals surface area (Å²) in [6.07, 6.45) is 5.27. The molecule has 0 saturated heterocycles. The minimum Gasteiger partial charge on any atom is -0.473 e. The van der Waals surface area contributed by atoms with E-state index in [0.29, 0.717) is 19.1 Å². The fourth-order valence-electron chi connectivity index (χ4n) is 0.951. The molecule has 0 amide bonds. The predicted octanol–water partition coefficient (Wildman–Crippen LogP) is 2.33. The molecule has 84 valence electrons. The van der Waals surface area contributed by atoms with Crippen LogP contribution in [-0.2, 0) is 4.74 Å². The van der Waals surface area contributed by atoms with Crippen LogP contribution in [0.15, 0.2) is 12.4 Å². The lowest BCUT2D eigenvalue weighted by molar-refractivity contribution is 0.0964. The van der Waals surface area contributed by atoms with Gasteiger partial charge in [0.2, 0.25) is 0 Å². The van der Waals surface area contributed by atoms with E-state index in [2.05, 4.69) is 16.9 Å². The molecular formula is C10H15ClN2O2. The van der Waals surface area contributed by atoms with E-state index in [0.717, 1.165) is 19.4 Å². The van der Waals surface area contributed by atoms with Crippen molar-refractivity contribution in [2.45, 2.75) is 19.8 Å². The molecule has 0 aliphatic carbocycles. The van der Waals surface area contributed by atoms with Crippen LogP contribution in [0.5, 0.6) is 5.88 Å². The Bertz CT molecular complexity index is 284. The minimum absolute atomic E-state index is 0.283. The Hall–Kier alpha value is -0.870. The molecule has 1 aromatic rings. The Balaban J connectivity index is 2.12. The van der Waals surface area contributed by atoms with E-state index >= 15 is 0 Å². The van der Waals surface area contributed by atoms with E-state index in [1.54, 1.807) is 6.20 Å². The Morgan fingerprint density at radius 1 is 1.20 bits per heavy atom. The largest absolute Gasteiger partial charge is 0.473 e. The quantitative estimate of drug-likeness (QED) is 0.675. The number of unbranched alkanes of at least 4 members (excludes halogenated alkanes) is 1. The predicted molar refractivity (Wildman–Crippen MR) is 58.3 cm³/mol. The molecular weight excluding hydrogens is 216 g/mol. The lowest BCUT2D eigenvalue weighted by Gasteiger charge is -2.06. The summed E-state index contributed by atoms with van der Waals surface area (Å²) in [5, 5.41) is 0.283. The summed E-state index contributed by atoms with van der Waals surface area (Å²) in [6, 6.07) is 0. The van der Waals surface area contributed by atoms with Gasteiger partial charge in [-0.1, -0.05) is 24.9 Å². The first-order chi connectivity index (χ1) is 7.34. The highest BCUT2D eigenvalue weighted by Crippen LogP contribution is 2.16. The zero-order chi connectivity index (χ0) is 10.9. The number of rotatable bonds is 7. The van der Waals surface area contributed by atoms with Gasteiger partial charge in [0.25, 0.3) is 5.88 Å². The zero-order valence-electron chi connectivity index (χ0n) is 8.78. The van der Waals surface area contributed by atoms with Crippen LogP contribution in [0.4, 0.5) is 0 Å². The molecule has 15 heavy (non-hydrogen) atoms. The van der Waals surface area contributed by atoms with Crippen LogP contribution in [0.3, 0.4) is 0 Å². The van der Waals surface area contributed by atoms with Crippen molar-refractivity contribution in [3.8, 4) is 5.88 Å². The van der Waals surface area contributed by atoms with Gasteiger partial charge in [-0.25, -0.2) is 9.97 Å². The summed E-state index contributed by atoms with van der Waals surface area (Å²) in [4.78, 5) is 7.78. The summed E-state index contributed by atoms with van der Waals surface area (Å²) in [6.45, 7) is 3.89. The van der Waals surface area contributed by atoms with Crippen molar-refractivity contribution in [3.63, 3.8) is 0 Å². The van der Waals surface area contributed by atoms with E-state index in [1.807, 2.05) is 0 Å². The van der Waals surface area contributed by atoms with Crippen LogP contribution in [0.25, 0.3) is 0 Å². The lowest BCUT2D eigenvalue weighted by atomic mass is 10.4. The monoisotopic (exact) mass is 230 g/mol. The standard InChI is InChI=1S/C10H15ClN2O2/c1-2-3-6-14-7-8-15-10-9(11)12-4-5-13-10/h4-5H,2-3,6-8H2,1H3. The molecule has 0 bridgehead atoms. The number of halogens is 1. The summed E-state index contributed by atoms with van der Waals surface area (Å²) in [5.74, 6) is 0.359. The third-order valence-corrected chi connectivity index (χ3v) is 1.99. The Labute approximate surface area is 94.6 Å². The van der Waals surface area contributed by atoms with Gasteiger partial charge in [0.05, 0.1) is 6.61 Å². The van der Waals surface area contributed by atoms with E-state index < -0.39 is 0 Å². The van der Waals surface area contributed by atoms with Crippen LogP contribution in [-0.4, -0.2) is 29.8 Å². The van der Waals surface area contributed by atoms with E-state index in [-0.39, 0.29) is 5.15 Å². The molecule has 0 spiro atoms. The van der Waals surface area contributed by atoms with Crippen LogP contribution >= 0.6 is 11.6 Å². The maximum Gasteiger partial charge on any atom is 0.252 e. The van der Waals surface area contributed by atoms with Gasteiger partial charge in [0.1, 0.15) is 6.61 Å². The zero-order valence-corrected chi connectivity index (χ0v) is 9.54. The lowest BCUT2D eigenvalue weighted by Crippen LogP contribution is -2.08. The van der Waals surface area contributed by atoms with Gasteiger partial charge in [0, 0.05) is 19.0 Å². The summed E-state index contributed by atoms with van der Waals surface area (Å²) >= 11 is 5.75. The number of hydrogen-bond acceptors (Lipinski definition) is 4. The second kappa shape index (κ2) is 7.43. The van der Waals surface area contributed by atoms with Crippen LogP contribution in [0.2, 0.25) is 5.15 Å². The maximum atomic E-state index is 5.75. The van der Waals surface area contributed by atoms with Crippen molar-refractivity contribution in [3.05, 3.63) is 17.5 Å². The van der Waals surface area contributed by atoms with Gasteiger partial charge in [-0.2, -0.15) is 0 Å². The minimum atomic E-state index is 0.283. The first-order valence-electron chi connectivity index (χ1n) is 5.01. The van der Waals surface area contributed by atoms with E-state index in [4.69, 9.17) is 21.1 Å². The summed E-state index contributed by atoms with van der Waals surface area (Å²) in [7, 11) is 0. The molecule has 0 atom stereocenters. The van der Waals surface area contributed by atoms with E-state index in [9.17, 15) is 0 Å². The topological polar surface area (TPSA) is 44.2 Å². The molecule has 0 aromatic carbocycles. The number of hydrogen-bond donors (Lipinski definition) is 0. The number of nitrogens with zero attached hydrogens (tertiary/aromatic N) is 2. The molecule has 0 aliphatic rings. The highest BCUT2D eigenvalue weighted by atomic mass is 35.5. The van der Waals surface area contributed by atoms with Gasteiger partial charge < -0.3 is 9.47 Å². The highest BCUT2D eigenvalue weighted by molar-refractivity contribution is 6.30. The molecule has 0 N–H and O–H groups in total. The Morgan fingerprint density at radius 2 is 2.00 bits per heavy atom. The average Bonchev–Trinajstić information content (AvgIpc) is 2.25. The molecule has 0 fully saturated rings. The van der Waals surface area contributed by atoms with Crippen LogP contribution in [0, 0.1) is 0 Å². The molecule has 1 rings (SSSR count). The third-order valence-electron chi connectivity index (χ3n) is 1.73. The molecule has 1 heterocycles. The van der Waals surface area contributed by atoms with Crippen molar-refractivity contribution < 1.29 is 9.47 Å². The summed E-state index contributed by atoms with van der Waals surface area (Å²) < 4.78 is 10.6. The second-order valence-corrected chi connectivity index (χ2v) is 3.32. The van der Waals surface area contributed by atoms with Gasteiger partial charge in [0.15, 0.2) is 5.15 Å². The molecule has 1 aromatic heterocycles. The van der Waals surface area contributed by atoms with Crippen molar-refractivity contribution in [2.75, 3.05) is 19.8 Å². The first kappa shape index (κ1) is 12.2. The SMILES string of the molecule is CCCCOCCOc1nccnc1Cl. The maximum absolute atomic E-state index is 5.75. The van der Waals surface area contributed by atoms with Gasteiger partial charge in [-0.3, -0.25) is 0 Å². The van der Waals surface area contributed by atoms with Crippen molar-refractivity contribution in [1.29, 1.82) is 0 Å². The molecule has 0 saturated carbocycles. The Kier molecular flexibility index (Phi) is 6.04. The normalized spacial score (nSPS) is 10.3. The van der Waals surface area contributed by atoms with Crippen molar-refractivity contribution >= 4 is 11.6 Å². The first-order valence-corrected chi connectivity index (χ1v) is 5.39. The second-order valence-electron chi connectivity index (χ2n) is 2.97. The molecule has 0 aliphatic heterocycles.